The summed E-state index contributed by atoms with van der Waals surface area (Å²) in [6.07, 6.45) is 0.0418. The van der Waals surface area contributed by atoms with Crippen LogP contribution in [0.2, 0.25) is 0 Å². The Morgan fingerprint density at radius 2 is 1.60 bits per heavy atom. The second-order valence-electron chi connectivity index (χ2n) is 7.65. The lowest BCUT2D eigenvalue weighted by Crippen LogP contribution is -2.22. The number of carbonyl (C=O) groups excluding carboxylic acids is 2. The van der Waals surface area contributed by atoms with Gasteiger partial charge in [-0.25, -0.2) is 0 Å². The fourth-order valence-electron chi connectivity index (χ4n) is 2.61. The number of carbonyl (C=O) groups is 2. The van der Waals surface area contributed by atoms with Gasteiger partial charge in [0.1, 0.15) is 17.2 Å². The van der Waals surface area contributed by atoms with Crippen LogP contribution in [0.1, 0.15) is 32.8 Å². The molecule has 2 aromatic carbocycles. The van der Waals surface area contributed by atoms with Crippen LogP contribution in [0.4, 0.5) is 5.69 Å². The van der Waals surface area contributed by atoms with Gasteiger partial charge in [0.05, 0.1) is 32.9 Å². The first-order valence-corrected chi connectivity index (χ1v) is 9.64. The van der Waals surface area contributed by atoms with Crippen molar-refractivity contribution in [2.45, 2.75) is 32.6 Å². The van der Waals surface area contributed by atoms with Gasteiger partial charge in [0.2, 0.25) is 0 Å². The molecule has 2 rings (SSSR count). The fourth-order valence-corrected chi connectivity index (χ4v) is 2.61. The van der Waals surface area contributed by atoms with Gasteiger partial charge in [-0.3, -0.25) is 9.59 Å². The predicted octanol–water partition coefficient (Wildman–Crippen LogP) is 3.95. The molecule has 0 aliphatic carbocycles. The van der Waals surface area contributed by atoms with E-state index in [-0.39, 0.29) is 18.4 Å². The minimum absolute atomic E-state index is 0.0418. The molecule has 30 heavy (non-hydrogen) atoms. The highest BCUT2D eigenvalue weighted by molar-refractivity contribution is 5.94. The smallest absolute Gasteiger partial charge is 0.309 e. The van der Waals surface area contributed by atoms with E-state index in [1.54, 1.807) is 18.2 Å². The van der Waals surface area contributed by atoms with E-state index in [2.05, 4.69) is 26.1 Å². The lowest BCUT2D eigenvalue weighted by atomic mass is 9.87. The Kier molecular flexibility index (Phi) is 8.09. The number of ether oxygens (including phenoxy) is 4. The maximum atomic E-state index is 12.0. The van der Waals surface area contributed by atoms with Gasteiger partial charge in [0, 0.05) is 6.07 Å². The largest absolute Gasteiger partial charge is 0.497 e. The number of rotatable bonds is 9. The molecule has 0 aliphatic rings. The van der Waals surface area contributed by atoms with Crippen LogP contribution in [0.3, 0.4) is 0 Å². The zero-order valence-corrected chi connectivity index (χ0v) is 18.1. The summed E-state index contributed by atoms with van der Waals surface area (Å²) in [5.41, 5.74) is 1.73. The molecule has 0 spiro atoms. The van der Waals surface area contributed by atoms with Crippen molar-refractivity contribution in [3.05, 3.63) is 48.0 Å². The first-order chi connectivity index (χ1) is 14.2. The Labute approximate surface area is 177 Å². The van der Waals surface area contributed by atoms with Crippen LogP contribution in [0.5, 0.6) is 17.2 Å². The zero-order chi connectivity index (χ0) is 22.1. The van der Waals surface area contributed by atoms with Crippen LogP contribution in [0, 0.1) is 0 Å². The molecule has 1 N–H and O–H groups in total. The molecule has 0 saturated carbocycles. The average molecular weight is 415 g/mol. The lowest BCUT2D eigenvalue weighted by molar-refractivity contribution is -0.147. The molecule has 0 heterocycles. The Morgan fingerprint density at radius 1 is 0.933 bits per heavy atom. The van der Waals surface area contributed by atoms with E-state index in [1.165, 1.54) is 19.8 Å². The van der Waals surface area contributed by atoms with E-state index in [0.717, 1.165) is 0 Å². The van der Waals surface area contributed by atoms with E-state index < -0.39 is 18.5 Å². The SMILES string of the molecule is COc1ccc(NC(=O)COC(=O)CCOc2ccc(C(C)(C)C)cc2)c(OC)c1. The first kappa shape index (κ1) is 23.1. The van der Waals surface area contributed by atoms with Gasteiger partial charge in [0.15, 0.2) is 6.61 Å². The molecule has 0 unspecified atom stereocenters. The maximum absolute atomic E-state index is 12.0. The normalized spacial score (nSPS) is 10.8. The van der Waals surface area contributed by atoms with Gasteiger partial charge >= 0.3 is 5.97 Å². The highest BCUT2D eigenvalue weighted by Crippen LogP contribution is 2.29. The Bertz CT molecular complexity index is 855. The first-order valence-electron chi connectivity index (χ1n) is 9.64. The number of benzene rings is 2. The van der Waals surface area contributed by atoms with Crippen molar-refractivity contribution in [3.8, 4) is 17.2 Å². The number of hydrogen-bond acceptors (Lipinski definition) is 6. The van der Waals surface area contributed by atoms with E-state index in [0.29, 0.717) is 22.9 Å². The molecular formula is C23H29NO6. The van der Waals surface area contributed by atoms with Gasteiger partial charge in [-0.2, -0.15) is 0 Å². The van der Waals surface area contributed by atoms with E-state index in [4.69, 9.17) is 18.9 Å². The van der Waals surface area contributed by atoms with E-state index in [1.807, 2.05) is 24.3 Å². The summed E-state index contributed by atoms with van der Waals surface area (Å²) in [5, 5.41) is 2.64. The fraction of sp³-hybridized carbons (Fsp3) is 0.391. The topological polar surface area (TPSA) is 83.1 Å². The highest BCUT2D eigenvalue weighted by atomic mass is 16.5. The molecule has 7 heteroatoms. The van der Waals surface area contributed by atoms with Gasteiger partial charge < -0.3 is 24.3 Å². The molecule has 0 bridgehead atoms. The number of methoxy groups -OCH3 is 2. The average Bonchev–Trinajstić information content (AvgIpc) is 2.72. The quantitative estimate of drug-likeness (QED) is 0.625. The third-order valence-electron chi connectivity index (χ3n) is 4.34. The summed E-state index contributed by atoms with van der Waals surface area (Å²) in [4.78, 5) is 23.9. The number of hydrogen-bond donors (Lipinski definition) is 1. The van der Waals surface area contributed by atoms with Gasteiger partial charge in [-0.1, -0.05) is 32.9 Å². The van der Waals surface area contributed by atoms with Crippen molar-refractivity contribution < 1.29 is 28.5 Å². The molecule has 0 aliphatic heterocycles. The molecule has 7 nitrogen and oxygen atoms in total. The second kappa shape index (κ2) is 10.5. The monoisotopic (exact) mass is 415 g/mol. The third-order valence-corrected chi connectivity index (χ3v) is 4.34. The summed E-state index contributed by atoms with van der Waals surface area (Å²) < 4.78 is 20.9. The van der Waals surface area contributed by atoms with Crippen LogP contribution in [0.25, 0.3) is 0 Å². The minimum atomic E-state index is -0.516. The van der Waals surface area contributed by atoms with Crippen molar-refractivity contribution in [2.24, 2.45) is 0 Å². The number of amides is 1. The standard InChI is InChI=1S/C23H29NO6/c1-23(2,3)16-6-8-17(9-7-16)29-13-12-22(26)30-15-21(25)24-19-11-10-18(27-4)14-20(19)28-5/h6-11,14H,12-13,15H2,1-5H3,(H,24,25). The molecule has 0 radical (unpaired) electrons. The Balaban J connectivity index is 1.73. The maximum Gasteiger partial charge on any atom is 0.309 e. The number of nitrogens with one attached hydrogen (secondary N) is 1. The predicted molar refractivity (Wildman–Crippen MR) is 114 cm³/mol. The van der Waals surface area contributed by atoms with Gasteiger partial charge in [0.25, 0.3) is 5.91 Å². The van der Waals surface area contributed by atoms with E-state index in [9.17, 15) is 9.59 Å². The van der Waals surface area contributed by atoms with Crippen molar-refractivity contribution >= 4 is 17.6 Å². The minimum Gasteiger partial charge on any atom is -0.497 e. The number of anilines is 1. The second-order valence-corrected chi connectivity index (χ2v) is 7.65. The van der Waals surface area contributed by atoms with Crippen LogP contribution < -0.4 is 19.5 Å². The van der Waals surface area contributed by atoms with Crippen molar-refractivity contribution in [3.63, 3.8) is 0 Å². The molecule has 0 fully saturated rings. The van der Waals surface area contributed by atoms with Gasteiger partial charge in [-0.05, 0) is 35.2 Å². The third kappa shape index (κ3) is 6.99. The zero-order valence-electron chi connectivity index (χ0n) is 18.1. The molecule has 0 saturated heterocycles. The van der Waals surface area contributed by atoms with Crippen LogP contribution in [-0.2, 0) is 19.7 Å². The Hall–Kier alpha value is -3.22. The summed E-state index contributed by atoms with van der Waals surface area (Å²) in [6, 6.07) is 12.7. The highest BCUT2D eigenvalue weighted by Gasteiger charge is 2.14. The molecule has 0 atom stereocenters. The lowest BCUT2D eigenvalue weighted by Gasteiger charge is -2.19. The summed E-state index contributed by atoms with van der Waals surface area (Å²) >= 11 is 0. The van der Waals surface area contributed by atoms with Crippen LogP contribution in [-0.4, -0.2) is 39.3 Å². The molecular weight excluding hydrogens is 386 g/mol. The van der Waals surface area contributed by atoms with Crippen molar-refractivity contribution in [1.29, 1.82) is 0 Å². The molecule has 162 valence electrons. The van der Waals surface area contributed by atoms with Crippen molar-refractivity contribution in [1.82, 2.24) is 0 Å². The van der Waals surface area contributed by atoms with Crippen LogP contribution in [0.15, 0.2) is 42.5 Å². The Morgan fingerprint density at radius 3 is 2.20 bits per heavy atom. The molecule has 2 aromatic rings. The van der Waals surface area contributed by atoms with E-state index >= 15 is 0 Å². The van der Waals surface area contributed by atoms with Gasteiger partial charge in [-0.15, -0.1) is 0 Å². The summed E-state index contributed by atoms with van der Waals surface area (Å²) in [5.74, 6) is 0.744. The summed E-state index contributed by atoms with van der Waals surface area (Å²) in [7, 11) is 3.03. The number of esters is 1. The van der Waals surface area contributed by atoms with Crippen molar-refractivity contribution in [2.75, 3.05) is 32.8 Å². The van der Waals surface area contributed by atoms with Crippen LogP contribution >= 0.6 is 0 Å². The summed E-state index contributed by atoms with van der Waals surface area (Å²) in [6.45, 7) is 6.19. The molecule has 0 aromatic heterocycles. The molecule has 1 amide bonds.